The van der Waals surface area contributed by atoms with Crippen molar-refractivity contribution in [1.82, 2.24) is 5.32 Å². The average Bonchev–Trinajstić information content (AvgIpc) is 2.21. The second kappa shape index (κ2) is 5.60. The third-order valence-electron chi connectivity index (χ3n) is 2.00. The van der Waals surface area contributed by atoms with Crippen molar-refractivity contribution in [3.63, 3.8) is 0 Å². The predicted molar refractivity (Wildman–Crippen MR) is 63.4 cm³/mol. The Morgan fingerprint density at radius 1 is 1.50 bits per heavy atom. The maximum absolute atomic E-state index is 9.62. The fourth-order valence-corrected chi connectivity index (χ4v) is 1.38. The van der Waals surface area contributed by atoms with Crippen LogP contribution in [0.5, 0.6) is 5.75 Å². The van der Waals surface area contributed by atoms with Crippen molar-refractivity contribution in [2.45, 2.75) is 13.3 Å². The molecule has 2 nitrogen and oxygen atoms in total. The van der Waals surface area contributed by atoms with Crippen LogP contribution in [0.25, 0.3) is 5.57 Å². The summed E-state index contributed by atoms with van der Waals surface area (Å²) in [5.74, 6) is 0.915. The number of nitrogens with one attached hydrogen (secondary N) is 1. The summed E-state index contributed by atoms with van der Waals surface area (Å²) in [6, 6.07) is 7.34. The molecule has 0 aliphatic heterocycles. The smallest absolute Gasteiger partial charge is 0.123 e. The molecule has 1 aromatic rings. The molecule has 76 valence electrons. The van der Waals surface area contributed by atoms with Gasteiger partial charge in [-0.05, 0) is 18.1 Å². The van der Waals surface area contributed by atoms with Gasteiger partial charge in [0.15, 0.2) is 0 Å². The molecule has 14 heavy (non-hydrogen) atoms. The van der Waals surface area contributed by atoms with E-state index in [-0.39, 0.29) is 0 Å². The number of benzene rings is 1. The first-order valence-electron chi connectivity index (χ1n) is 4.61. The summed E-state index contributed by atoms with van der Waals surface area (Å²) in [7, 11) is 0. The Morgan fingerprint density at radius 2 is 2.21 bits per heavy atom. The summed E-state index contributed by atoms with van der Waals surface area (Å²) in [4.78, 5) is 0. The fraction of sp³-hybridized carbons (Fsp3) is 0.273. The molecular formula is C11H15NOS. The molecule has 0 atom stereocenters. The summed E-state index contributed by atoms with van der Waals surface area (Å²) in [5.41, 5.74) is 1.96. The molecule has 0 bridgehead atoms. The lowest BCUT2D eigenvalue weighted by Crippen LogP contribution is -2.01. The lowest BCUT2D eigenvalue weighted by Gasteiger charge is -2.07. The first-order chi connectivity index (χ1) is 6.79. The largest absolute Gasteiger partial charge is 0.507 e. The van der Waals surface area contributed by atoms with Gasteiger partial charge in [-0.3, -0.25) is 0 Å². The summed E-state index contributed by atoms with van der Waals surface area (Å²) in [5, 5.41) is 12.6. The molecule has 0 saturated heterocycles. The minimum Gasteiger partial charge on any atom is -0.507 e. The molecule has 0 aromatic heterocycles. The van der Waals surface area contributed by atoms with Crippen molar-refractivity contribution in [2.24, 2.45) is 0 Å². The summed E-state index contributed by atoms with van der Waals surface area (Å²) in [6.45, 7) is 2.05. The van der Waals surface area contributed by atoms with E-state index in [0.29, 0.717) is 11.6 Å². The molecule has 0 amide bonds. The molecule has 0 spiro atoms. The van der Waals surface area contributed by atoms with E-state index in [2.05, 4.69) is 24.9 Å². The monoisotopic (exact) mass is 209 g/mol. The van der Waals surface area contributed by atoms with Crippen LogP contribution >= 0.6 is 12.6 Å². The molecule has 1 rings (SSSR count). The van der Waals surface area contributed by atoms with E-state index in [1.165, 1.54) is 0 Å². The topological polar surface area (TPSA) is 32.3 Å². The van der Waals surface area contributed by atoms with Gasteiger partial charge in [0, 0.05) is 11.8 Å². The Morgan fingerprint density at radius 3 is 2.79 bits per heavy atom. The zero-order chi connectivity index (χ0) is 10.4. The Kier molecular flexibility index (Phi) is 4.40. The average molecular weight is 209 g/mol. The molecule has 0 fully saturated rings. The standard InChI is InChI=1S/C11H15NOS/c1-2-9(7-12-8-14)10-5-3-4-6-11(10)13/h3-7,12-14H,2,8H2,1H3/b9-7-. The highest BCUT2D eigenvalue weighted by atomic mass is 32.1. The van der Waals surface area contributed by atoms with Crippen LogP contribution in [0.4, 0.5) is 0 Å². The van der Waals surface area contributed by atoms with Gasteiger partial charge >= 0.3 is 0 Å². The van der Waals surface area contributed by atoms with Gasteiger partial charge in [-0.15, -0.1) is 0 Å². The van der Waals surface area contributed by atoms with Crippen LogP contribution in [0.2, 0.25) is 0 Å². The third-order valence-corrected chi connectivity index (χ3v) is 2.18. The number of phenols is 1. The van der Waals surface area contributed by atoms with Crippen LogP contribution < -0.4 is 5.32 Å². The Hall–Kier alpha value is -1.09. The molecule has 0 heterocycles. The predicted octanol–water partition coefficient (Wildman–Crippen LogP) is 2.62. The van der Waals surface area contributed by atoms with E-state index >= 15 is 0 Å². The van der Waals surface area contributed by atoms with E-state index in [9.17, 15) is 5.11 Å². The van der Waals surface area contributed by atoms with Crippen LogP contribution in [0, 0.1) is 0 Å². The van der Waals surface area contributed by atoms with Gasteiger partial charge < -0.3 is 10.4 Å². The molecular weight excluding hydrogens is 194 g/mol. The Balaban J connectivity index is 2.95. The Bertz CT molecular complexity index is 323. The number of rotatable bonds is 4. The maximum atomic E-state index is 9.62. The molecule has 0 aliphatic carbocycles. The number of allylic oxidation sites excluding steroid dienone is 1. The normalized spacial score (nSPS) is 11.4. The van der Waals surface area contributed by atoms with E-state index < -0.39 is 0 Å². The zero-order valence-electron chi connectivity index (χ0n) is 8.20. The van der Waals surface area contributed by atoms with Crippen LogP contribution in [0.15, 0.2) is 30.5 Å². The van der Waals surface area contributed by atoms with Gasteiger partial charge in [0.2, 0.25) is 0 Å². The number of phenolic OH excluding ortho intramolecular Hbond substituents is 1. The first-order valence-corrected chi connectivity index (χ1v) is 5.24. The lowest BCUT2D eigenvalue weighted by atomic mass is 10.0. The van der Waals surface area contributed by atoms with E-state index in [0.717, 1.165) is 17.6 Å². The van der Waals surface area contributed by atoms with E-state index in [4.69, 9.17) is 0 Å². The summed E-state index contributed by atoms with van der Waals surface area (Å²) >= 11 is 4.05. The SMILES string of the molecule is CC/C(=C/NCS)c1ccccc1O. The van der Waals surface area contributed by atoms with Crippen LogP contribution in [0.1, 0.15) is 18.9 Å². The highest BCUT2D eigenvalue weighted by Crippen LogP contribution is 2.25. The van der Waals surface area contributed by atoms with Crippen molar-refractivity contribution in [3.8, 4) is 5.75 Å². The number of thiol groups is 1. The fourth-order valence-electron chi connectivity index (χ4n) is 1.28. The van der Waals surface area contributed by atoms with Crippen LogP contribution in [-0.2, 0) is 0 Å². The summed E-state index contributed by atoms with van der Waals surface area (Å²) < 4.78 is 0. The minimum absolute atomic E-state index is 0.321. The molecule has 0 saturated carbocycles. The highest BCUT2D eigenvalue weighted by Gasteiger charge is 2.03. The van der Waals surface area contributed by atoms with Crippen molar-refractivity contribution in [2.75, 3.05) is 5.88 Å². The van der Waals surface area contributed by atoms with Gasteiger partial charge in [-0.2, -0.15) is 12.6 Å². The van der Waals surface area contributed by atoms with E-state index in [1.807, 2.05) is 24.4 Å². The van der Waals surface area contributed by atoms with Crippen molar-refractivity contribution >= 4 is 18.2 Å². The van der Waals surface area contributed by atoms with Gasteiger partial charge in [0.25, 0.3) is 0 Å². The second-order valence-corrected chi connectivity index (χ2v) is 3.22. The zero-order valence-corrected chi connectivity index (χ0v) is 9.09. The maximum Gasteiger partial charge on any atom is 0.123 e. The molecule has 0 aliphatic rings. The Labute approximate surface area is 90.1 Å². The highest BCUT2D eigenvalue weighted by molar-refractivity contribution is 7.80. The van der Waals surface area contributed by atoms with Crippen molar-refractivity contribution in [3.05, 3.63) is 36.0 Å². The van der Waals surface area contributed by atoms with Gasteiger partial charge in [0.1, 0.15) is 5.75 Å². The number of para-hydroxylation sites is 1. The number of hydrogen-bond acceptors (Lipinski definition) is 3. The van der Waals surface area contributed by atoms with E-state index in [1.54, 1.807) is 6.07 Å². The molecule has 1 aromatic carbocycles. The van der Waals surface area contributed by atoms with Gasteiger partial charge in [-0.1, -0.05) is 25.1 Å². The van der Waals surface area contributed by atoms with Gasteiger partial charge in [0.05, 0.1) is 5.88 Å². The quantitative estimate of drug-likeness (QED) is 0.526. The molecule has 0 radical (unpaired) electrons. The van der Waals surface area contributed by atoms with Crippen LogP contribution in [-0.4, -0.2) is 11.0 Å². The number of hydrogen-bond donors (Lipinski definition) is 3. The summed E-state index contributed by atoms with van der Waals surface area (Å²) in [6.07, 6.45) is 2.76. The van der Waals surface area contributed by atoms with Crippen molar-refractivity contribution in [1.29, 1.82) is 0 Å². The number of aromatic hydroxyl groups is 1. The lowest BCUT2D eigenvalue weighted by molar-refractivity contribution is 0.473. The van der Waals surface area contributed by atoms with Crippen molar-refractivity contribution < 1.29 is 5.11 Å². The molecule has 3 heteroatoms. The minimum atomic E-state index is 0.321. The first kappa shape index (κ1) is 11.0. The third kappa shape index (κ3) is 2.70. The second-order valence-electron chi connectivity index (χ2n) is 2.90. The molecule has 0 unspecified atom stereocenters. The molecule has 2 N–H and O–H groups in total. The van der Waals surface area contributed by atoms with Crippen LogP contribution in [0.3, 0.4) is 0 Å². The van der Waals surface area contributed by atoms with Gasteiger partial charge in [-0.25, -0.2) is 0 Å².